The average molecular weight is 351 g/mol. The number of aromatic nitrogens is 1. The molecule has 0 saturated heterocycles. The maximum absolute atomic E-state index is 12.8. The second-order valence-corrected chi connectivity index (χ2v) is 6.79. The van der Waals surface area contributed by atoms with Gasteiger partial charge in [0.05, 0.1) is 17.7 Å². The van der Waals surface area contributed by atoms with E-state index in [-0.39, 0.29) is 23.8 Å². The molecule has 2 heterocycles. The first-order valence-electron chi connectivity index (χ1n) is 9.22. The van der Waals surface area contributed by atoms with Gasteiger partial charge in [-0.15, -0.1) is 0 Å². The van der Waals surface area contributed by atoms with Crippen molar-refractivity contribution in [2.45, 2.75) is 51.5 Å². The minimum atomic E-state index is -0.236. The van der Waals surface area contributed by atoms with Crippen molar-refractivity contribution in [3.8, 4) is 0 Å². The molecule has 0 radical (unpaired) electrons. The fraction of sp³-hybridized carbons (Fsp3) is 0.381. The normalized spacial score (nSPS) is 15.5. The summed E-state index contributed by atoms with van der Waals surface area (Å²) < 4.78 is 0. The van der Waals surface area contributed by atoms with E-state index in [1.54, 1.807) is 6.20 Å². The third-order valence-electron chi connectivity index (χ3n) is 4.82. The summed E-state index contributed by atoms with van der Waals surface area (Å²) in [5, 5.41) is 6.02. The molecule has 136 valence electrons. The molecule has 5 nitrogen and oxygen atoms in total. The molecular weight excluding hydrogens is 326 g/mol. The number of benzene rings is 1. The molecule has 3 rings (SSSR count). The van der Waals surface area contributed by atoms with Crippen molar-refractivity contribution in [1.82, 2.24) is 10.3 Å². The largest absolute Gasteiger partial charge is 0.349 e. The zero-order valence-electron chi connectivity index (χ0n) is 15.3. The van der Waals surface area contributed by atoms with Crippen LogP contribution >= 0.6 is 0 Å². The first kappa shape index (κ1) is 18.1. The molecule has 1 aromatic heterocycles. The number of carbonyl (C=O) groups is 2. The van der Waals surface area contributed by atoms with E-state index in [1.807, 2.05) is 37.3 Å². The van der Waals surface area contributed by atoms with Gasteiger partial charge in [-0.25, -0.2) is 0 Å². The molecule has 1 aliphatic heterocycles. The lowest BCUT2D eigenvalue weighted by Gasteiger charge is -2.22. The fourth-order valence-electron chi connectivity index (χ4n) is 3.35. The third kappa shape index (κ3) is 4.10. The molecule has 0 aliphatic carbocycles. The predicted molar refractivity (Wildman–Crippen MR) is 102 cm³/mol. The van der Waals surface area contributed by atoms with Crippen LogP contribution in [0, 0.1) is 0 Å². The van der Waals surface area contributed by atoms with Crippen LogP contribution in [0.25, 0.3) is 0 Å². The SMILES string of the molecule is CCC[C@@H](C(=O)N[C@@H](C)c1ccc2c(c1)CCC(=O)N2)c1ccccn1. The number of pyridine rings is 1. The summed E-state index contributed by atoms with van der Waals surface area (Å²) in [6, 6.07) is 11.5. The average Bonchev–Trinajstić information content (AvgIpc) is 2.66. The number of carbonyl (C=O) groups excluding carboxylic acids is 2. The van der Waals surface area contributed by atoms with Crippen LogP contribution in [0.1, 0.15) is 61.9 Å². The molecule has 2 aromatic rings. The number of fused-ring (bicyclic) bond motifs is 1. The second-order valence-electron chi connectivity index (χ2n) is 6.79. The van der Waals surface area contributed by atoms with Crippen LogP contribution in [0.3, 0.4) is 0 Å². The van der Waals surface area contributed by atoms with Crippen molar-refractivity contribution in [3.05, 3.63) is 59.4 Å². The number of hydrogen-bond acceptors (Lipinski definition) is 3. The number of rotatable bonds is 6. The molecule has 0 saturated carbocycles. The van der Waals surface area contributed by atoms with Gasteiger partial charge in [-0.05, 0) is 49.1 Å². The predicted octanol–water partition coefficient (Wildman–Crippen LogP) is 3.73. The Kier molecular flexibility index (Phi) is 5.66. The van der Waals surface area contributed by atoms with Gasteiger partial charge in [-0.2, -0.15) is 0 Å². The van der Waals surface area contributed by atoms with Gasteiger partial charge in [0, 0.05) is 18.3 Å². The molecule has 2 atom stereocenters. The lowest BCUT2D eigenvalue weighted by molar-refractivity contribution is -0.123. The van der Waals surface area contributed by atoms with E-state index in [0.29, 0.717) is 6.42 Å². The molecule has 26 heavy (non-hydrogen) atoms. The molecule has 0 unspecified atom stereocenters. The Bertz CT molecular complexity index is 789. The molecule has 0 fully saturated rings. The van der Waals surface area contributed by atoms with Crippen LogP contribution in [0.5, 0.6) is 0 Å². The van der Waals surface area contributed by atoms with Gasteiger partial charge in [0.2, 0.25) is 11.8 Å². The summed E-state index contributed by atoms with van der Waals surface area (Å²) in [7, 11) is 0. The van der Waals surface area contributed by atoms with Crippen LogP contribution in [-0.2, 0) is 16.0 Å². The Morgan fingerprint density at radius 1 is 1.27 bits per heavy atom. The van der Waals surface area contributed by atoms with Gasteiger partial charge in [0.1, 0.15) is 0 Å². The standard InChI is InChI=1S/C21H25N3O2/c1-3-6-17(19-7-4-5-12-22-19)21(26)23-14(2)15-8-10-18-16(13-15)9-11-20(25)24-18/h4-5,7-8,10,12-14,17H,3,6,9,11H2,1-2H3,(H,23,26)(H,24,25)/t14-,17+/m0/s1. The summed E-state index contributed by atoms with van der Waals surface area (Å²) in [6.07, 6.45) is 4.66. The molecule has 0 spiro atoms. The van der Waals surface area contributed by atoms with Crippen molar-refractivity contribution in [3.63, 3.8) is 0 Å². The van der Waals surface area contributed by atoms with E-state index < -0.39 is 0 Å². The highest BCUT2D eigenvalue weighted by molar-refractivity contribution is 5.94. The first-order valence-corrected chi connectivity index (χ1v) is 9.22. The lowest BCUT2D eigenvalue weighted by Crippen LogP contribution is -2.32. The van der Waals surface area contributed by atoms with Crippen LogP contribution in [0.15, 0.2) is 42.6 Å². The van der Waals surface area contributed by atoms with Crippen molar-refractivity contribution in [1.29, 1.82) is 0 Å². The highest BCUT2D eigenvalue weighted by Crippen LogP contribution is 2.27. The Hall–Kier alpha value is -2.69. The van der Waals surface area contributed by atoms with Gasteiger partial charge in [0.15, 0.2) is 0 Å². The van der Waals surface area contributed by atoms with Crippen LogP contribution in [0.4, 0.5) is 5.69 Å². The Balaban J connectivity index is 1.73. The van der Waals surface area contributed by atoms with Crippen LogP contribution < -0.4 is 10.6 Å². The molecule has 2 amide bonds. The number of nitrogens with zero attached hydrogens (tertiary/aromatic N) is 1. The van der Waals surface area contributed by atoms with Gasteiger partial charge in [0.25, 0.3) is 0 Å². The third-order valence-corrected chi connectivity index (χ3v) is 4.82. The smallest absolute Gasteiger partial charge is 0.229 e. The van der Waals surface area contributed by atoms with E-state index in [4.69, 9.17) is 0 Å². The number of anilines is 1. The summed E-state index contributed by atoms with van der Waals surface area (Å²) in [5.41, 5.74) is 3.86. The number of hydrogen-bond donors (Lipinski definition) is 2. The highest BCUT2D eigenvalue weighted by Gasteiger charge is 2.23. The summed E-state index contributed by atoms with van der Waals surface area (Å²) in [5.74, 6) is -0.172. The Morgan fingerprint density at radius 2 is 2.12 bits per heavy atom. The molecule has 0 bridgehead atoms. The lowest BCUT2D eigenvalue weighted by atomic mass is 9.95. The van der Waals surface area contributed by atoms with E-state index >= 15 is 0 Å². The quantitative estimate of drug-likeness (QED) is 0.833. The van der Waals surface area contributed by atoms with E-state index in [0.717, 1.165) is 41.8 Å². The van der Waals surface area contributed by atoms with Crippen LogP contribution in [-0.4, -0.2) is 16.8 Å². The molecule has 5 heteroatoms. The first-order chi connectivity index (χ1) is 12.6. The molecular formula is C21H25N3O2. The van der Waals surface area contributed by atoms with Crippen molar-refractivity contribution < 1.29 is 9.59 Å². The molecule has 1 aromatic carbocycles. The number of nitrogens with one attached hydrogen (secondary N) is 2. The summed E-state index contributed by atoms with van der Waals surface area (Å²) in [6.45, 7) is 4.06. The topological polar surface area (TPSA) is 71.1 Å². The summed E-state index contributed by atoms with van der Waals surface area (Å²) >= 11 is 0. The zero-order valence-corrected chi connectivity index (χ0v) is 15.3. The van der Waals surface area contributed by atoms with Crippen molar-refractivity contribution in [2.75, 3.05) is 5.32 Å². The monoisotopic (exact) mass is 351 g/mol. The Morgan fingerprint density at radius 3 is 2.85 bits per heavy atom. The number of aryl methyl sites for hydroxylation is 1. The van der Waals surface area contributed by atoms with Crippen LogP contribution in [0.2, 0.25) is 0 Å². The Labute approximate surface area is 154 Å². The van der Waals surface area contributed by atoms with Crippen molar-refractivity contribution >= 4 is 17.5 Å². The van der Waals surface area contributed by atoms with Gasteiger partial charge < -0.3 is 10.6 Å². The maximum Gasteiger partial charge on any atom is 0.229 e. The van der Waals surface area contributed by atoms with Gasteiger partial charge in [-0.3, -0.25) is 14.6 Å². The van der Waals surface area contributed by atoms with Gasteiger partial charge >= 0.3 is 0 Å². The summed E-state index contributed by atoms with van der Waals surface area (Å²) in [4.78, 5) is 28.7. The fourth-order valence-corrected chi connectivity index (χ4v) is 3.35. The number of amides is 2. The maximum atomic E-state index is 12.8. The van der Waals surface area contributed by atoms with E-state index in [2.05, 4.69) is 28.6 Å². The minimum Gasteiger partial charge on any atom is -0.349 e. The highest BCUT2D eigenvalue weighted by atomic mass is 16.2. The minimum absolute atomic E-state index is 0.00377. The second kappa shape index (κ2) is 8.13. The van der Waals surface area contributed by atoms with Gasteiger partial charge in [-0.1, -0.05) is 31.5 Å². The van der Waals surface area contributed by atoms with E-state index in [1.165, 1.54) is 0 Å². The zero-order chi connectivity index (χ0) is 18.5. The molecule has 1 aliphatic rings. The van der Waals surface area contributed by atoms with E-state index in [9.17, 15) is 9.59 Å². The molecule has 2 N–H and O–H groups in total. The van der Waals surface area contributed by atoms with Crippen molar-refractivity contribution in [2.24, 2.45) is 0 Å².